The van der Waals surface area contributed by atoms with Crippen molar-refractivity contribution in [2.45, 2.75) is 180 Å². The largest absolute Gasteiger partial charge is 0.508 e. The fourth-order valence-corrected chi connectivity index (χ4v) is 12.0. The molecule has 1 aliphatic heterocycles. The molecule has 1 heterocycles. The number of nitrogens with one attached hydrogen (secondary N) is 9. The number of carbonyl (C=O) groups excluding carboxylic acids is 12. The maximum Gasteiger partial charge on any atom is 0.243 e. The predicted octanol–water partition coefficient (Wildman–Crippen LogP) is 1.62. The number of likely N-dealkylation sites (tertiary alicyclic amines) is 1. The number of phenolic OH excluding ortho intramolecular Hbond substituents is 1. The SMILES string of the molecule is CC(=O)NCCSC(=O)[C@H](CC(C)C)NC(=O)[C@H](CCCN)NC(=O)[C@@H](NC(=O)[C@H](Cc1ccc(O)cc1)NC(=O)[C@H](CC(C)C)NC(=O)[C@H](CC(N)=O)NC(=O)[C@@H](Cc1ccccc1)NC(=O)[C@H](Cc1ccccc1)NC(=O)[C@@H]1CCCN1C(=O)[C@H](N)Cc1ccccc1)C(C)C. The highest BCUT2D eigenvalue weighted by Crippen LogP contribution is 2.22. The molecule has 27 heteroatoms. The molecule has 5 rings (SSSR count). The summed E-state index contributed by atoms with van der Waals surface area (Å²) in [5, 5.41) is 34.3. The van der Waals surface area contributed by atoms with Crippen molar-refractivity contribution >= 4 is 81.9 Å². The summed E-state index contributed by atoms with van der Waals surface area (Å²) < 4.78 is 0. The molecule has 98 heavy (non-hydrogen) atoms. The van der Waals surface area contributed by atoms with Gasteiger partial charge < -0.3 is 75.1 Å². The van der Waals surface area contributed by atoms with Gasteiger partial charge in [0.1, 0.15) is 54.1 Å². The van der Waals surface area contributed by atoms with Gasteiger partial charge in [0.2, 0.25) is 70.1 Å². The van der Waals surface area contributed by atoms with E-state index in [-0.39, 0.29) is 98.9 Å². The summed E-state index contributed by atoms with van der Waals surface area (Å²) in [4.78, 5) is 169. The van der Waals surface area contributed by atoms with Gasteiger partial charge in [-0.15, -0.1) is 0 Å². The van der Waals surface area contributed by atoms with Gasteiger partial charge in [-0.25, -0.2) is 0 Å². The van der Waals surface area contributed by atoms with Crippen LogP contribution in [0.1, 0.15) is 116 Å². The molecule has 1 fully saturated rings. The van der Waals surface area contributed by atoms with E-state index in [0.29, 0.717) is 36.0 Å². The van der Waals surface area contributed by atoms with Crippen LogP contribution in [0.5, 0.6) is 5.75 Å². The van der Waals surface area contributed by atoms with Gasteiger partial charge in [-0.3, -0.25) is 57.5 Å². The zero-order valence-electron chi connectivity index (χ0n) is 57.0. The molecule has 0 saturated carbocycles. The number of nitrogens with two attached hydrogens (primary N) is 3. The van der Waals surface area contributed by atoms with Gasteiger partial charge in [-0.2, -0.15) is 0 Å². The van der Waals surface area contributed by atoms with Crippen LogP contribution in [-0.4, -0.2) is 166 Å². The number of hydrogen-bond donors (Lipinski definition) is 13. The number of phenols is 1. The minimum absolute atomic E-state index is 0.0221. The van der Waals surface area contributed by atoms with E-state index in [0.717, 1.165) is 17.3 Å². The number of aromatic hydroxyl groups is 1. The van der Waals surface area contributed by atoms with E-state index in [1.54, 1.807) is 88.4 Å². The third kappa shape index (κ3) is 27.0. The zero-order chi connectivity index (χ0) is 72.0. The Morgan fingerprint density at radius 3 is 1.46 bits per heavy atom. The standard InChI is InChI=1S/C71H99N13O13S/c1-42(2)35-53(63(89)79-56(40-49-27-29-50(86)30-28-49)67(93)83-61(44(5)6)69(95)76-52(25-17-31-72)62(88)82-58(36-43(3)4)71(97)98-34-32-75-45(7)85)77-66(92)57(41-60(74)87)80-64(90)54(38-47-21-13-9-14-22-47)78-65(91)55(39-48-23-15-10-16-24-48)81-68(94)59-26-18-33-84(59)70(96)51(73)37-46-19-11-8-12-20-46/h8-16,19-24,27-30,42-44,51-59,61,86H,17-18,25-26,31-41,72-73H2,1-7H3,(H2,74,87)(H,75,85)(H,76,95)(H,77,92)(H,78,91)(H,79,89)(H,80,90)(H,81,94)(H,82,88)(H,83,93)/t51-,52+,53+,54-,55+,56+,57+,58+,59+,61+/m1/s1. The molecular formula is C71H99N13O13S. The topological polar surface area (TPSA) is 415 Å². The van der Waals surface area contributed by atoms with Crippen molar-refractivity contribution in [2.24, 2.45) is 35.0 Å². The van der Waals surface area contributed by atoms with Crippen LogP contribution in [0.4, 0.5) is 0 Å². The average molecular weight is 1370 g/mol. The molecule has 1 aliphatic rings. The molecule has 10 atom stereocenters. The van der Waals surface area contributed by atoms with Crippen LogP contribution in [0.25, 0.3) is 0 Å². The first kappa shape index (κ1) is 79.5. The smallest absolute Gasteiger partial charge is 0.243 e. The zero-order valence-corrected chi connectivity index (χ0v) is 57.8. The Labute approximate surface area is 577 Å². The molecule has 0 radical (unpaired) electrons. The number of primary amides is 1. The normalized spacial score (nSPS) is 15.6. The lowest BCUT2D eigenvalue weighted by atomic mass is 9.98. The second-order valence-electron chi connectivity index (χ2n) is 25.9. The van der Waals surface area contributed by atoms with Gasteiger partial charge >= 0.3 is 0 Å². The molecule has 532 valence electrons. The van der Waals surface area contributed by atoms with Crippen LogP contribution >= 0.6 is 11.8 Å². The van der Waals surface area contributed by atoms with E-state index in [1.807, 2.05) is 44.2 Å². The summed E-state index contributed by atoms with van der Waals surface area (Å²) in [6.07, 6.45) is 0.412. The van der Waals surface area contributed by atoms with E-state index in [9.17, 15) is 62.6 Å². The highest BCUT2D eigenvalue weighted by Gasteiger charge is 2.40. The molecule has 1 saturated heterocycles. The molecule has 0 aliphatic carbocycles. The summed E-state index contributed by atoms with van der Waals surface area (Å²) in [7, 11) is 0. The van der Waals surface area contributed by atoms with Gasteiger partial charge in [-0.05, 0) is 104 Å². The van der Waals surface area contributed by atoms with Gasteiger partial charge in [0.05, 0.1) is 18.5 Å². The van der Waals surface area contributed by atoms with E-state index in [4.69, 9.17) is 17.2 Å². The fourth-order valence-electron chi connectivity index (χ4n) is 11.2. The van der Waals surface area contributed by atoms with Crippen LogP contribution in [0.3, 0.4) is 0 Å². The maximum atomic E-state index is 14.8. The van der Waals surface area contributed by atoms with Crippen LogP contribution in [-0.2, 0) is 83.2 Å². The number of amides is 11. The number of benzene rings is 4. The third-order valence-corrected chi connectivity index (χ3v) is 17.3. The van der Waals surface area contributed by atoms with Crippen molar-refractivity contribution in [1.82, 2.24) is 52.8 Å². The first-order chi connectivity index (χ1) is 46.6. The number of nitrogens with zero attached hydrogens (tertiary/aromatic N) is 1. The highest BCUT2D eigenvalue weighted by atomic mass is 32.2. The number of thioether (sulfide) groups is 1. The van der Waals surface area contributed by atoms with E-state index in [2.05, 4.69) is 47.9 Å². The van der Waals surface area contributed by atoms with E-state index < -0.39 is 132 Å². The van der Waals surface area contributed by atoms with Crippen molar-refractivity contribution in [2.75, 3.05) is 25.4 Å². The van der Waals surface area contributed by atoms with Crippen LogP contribution < -0.4 is 65.1 Å². The third-order valence-electron chi connectivity index (χ3n) is 16.3. The molecule has 11 amide bonds. The summed E-state index contributed by atoms with van der Waals surface area (Å²) in [6, 6.07) is 19.6. The van der Waals surface area contributed by atoms with Gasteiger partial charge in [0.25, 0.3) is 0 Å². The van der Waals surface area contributed by atoms with Crippen molar-refractivity contribution in [3.05, 3.63) is 138 Å². The van der Waals surface area contributed by atoms with Gasteiger partial charge in [0, 0.05) is 45.0 Å². The Balaban J connectivity index is 1.38. The Morgan fingerprint density at radius 2 is 0.959 bits per heavy atom. The van der Waals surface area contributed by atoms with E-state index >= 15 is 0 Å². The predicted molar refractivity (Wildman–Crippen MR) is 372 cm³/mol. The quantitative estimate of drug-likeness (QED) is 0.0282. The summed E-state index contributed by atoms with van der Waals surface area (Å²) in [5.41, 5.74) is 20.5. The average Bonchev–Trinajstić information content (AvgIpc) is 1.53. The Bertz CT molecular complexity index is 3310. The monoisotopic (exact) mass is 1370 g/mol. The Kier molecular flexibility index (Phi) is 32.8. The second-order valence-corrected chi connectivity index (χ2v) is 27.0. The van der Waals surface area contributed by atoms with E-state index in [1.165, 1.54) is 36.1 Å². The highest BCUT2D eigenvalue weighted by molar-refractivity contribution is 8.13. The molecule has 26 nitrogen and oxygen atoms in total. The van der Waals surface area contributed by atoms with Crippen molar-refractivity contribution in [1.29, 1.82) is 0 Å². The molecular weight excluding hydrogens is 1270 g/mol. The molecule has 4 aromatic rings. The Hall–Kier alpha value is -9.21. The Morgan fingerprint density at radius 1 is 0.531 bits per heavy atom. The van der Waals surface area contributed by atoms with Crippen LogP contribution in [0, 0.1) is 17.8 Å². The lowest BCUT2D eigenvalue weighted by Crippen LogP contribution is -2.61. The molecule has 4 aromatic carbocycles. The van der Waals surface area contributed by atoms with Crippen molar-refractivity contribution in [3.8, 4) is 5.75 Å². The number of rotatable bonds is 39. The number of hydrogen-bond acceptors (Lipinski definition) is 16. The first-order valence-corrected chi connectivity index (χ1v) is 34.4. The molecule has 0 aromatic heterocycles. The molecule has 0 bridgehead atoms. The van der Waals surface area contributed by atoms with Gasteiger partial charge in [-0.1, -0.05) is 156 Å². The molecule has 16 N–H and O–H groups in total. The summed E-state index contributed by atoms with van der Waals surface area (Å²) >= 11 is 0.950. The summed E-state index contributed by atoms with van der Waals surface area (Å²) in [6.45, 7) is 12.6. The maximum absolute atomic E-state index is 14.8. The van der Waals surface area contributed by atoms with Crippen LogP contribution in [0.15, 0.2) is 115 Å². The lowest BCUT2D eigenvalue weighted by Gasteiger charge is -2.30. The minimum atomic E-state index is -1.75. The summed E-state index contributed by atoms with van der Waals surface area (Å²) in [5.74, 6) is -9.08. The fraction of sp³-hybridized carbons (Fsp3) is 0.493. The molecule has 0 spiro atoms. The lowest BCUT2D eigenvalue weighted by molar-refractivity contribution is -0.140. The van der Waals surface area contributed by atoms with Gasteiger partial charge in [0.15, 0.2) is 0 Å². The van der Waals surface area contributed by atoms with Crippen molar-refractivity contribution in [3.63, 3.8) is 0 Å². The number of carbonyl (C=O) groups is 12. The second kappa shape index (κ2) is 40.5. The molecule has 0 unspecified atom stereocenters. The van der Waals surface area contributed by atoms with Crippen LogP contribution in [0.2, 0.25) is 0 Å². The van der Waals surface area contributed by atoms with Crippen molar-refractivity contribution < 1.29 is 62.6 Å². The first-order valence-electron chi connectivity index (χ1n) is 33.4. The minimum Gasteiger partial charge on any atom is -0.508 e.